The molecule has 0 aromatic rings. The van der Waals surface area contributed by atoms with Gasteiger partial charge in [-0.2, -0.15) is 0 Å². The molecule has 2 heteroatoms. The molecule has 13 heavy (non-hydrogen) atoms. The van der Waals surface area contributed by atoms with Crippen LogP contribution in [0.4, 0.5) is 0 Å². The maximum absolute atomic E-state index is 11.3. The molecule has 0 N–H and O–H groups in total. The molecule has 75 valence electrons. The Kier molecular flexibility index (Phi) is 7.36. The van der Waals surface area contributed by atoms with Crippen LogP contribution < -0.4 is 0 Å². The Labute approximate surface area is 81.6 Å². The molecular formula is C11H20NO. The summed E-state index contributed by atoms with van der Waals surface area (Å²) in [4.78, 5) is 13.1. The average molecular weight is 182 g/mol. The second-order valence-electron chi connectivity index (χ2n) is 3.18. The smallest absolute Gasteiger partial charge is 0.254 e. The molecule has 0 saturated heterocycles. The first-order valence-electron chi connectivity index (χ1n) is 5.08. The number of carbonyl (C=O) groups is 1. The molecule has 0 bridgehead atoms. The first-order valence-corrected chi connectivity index (χ1v) is 5.08. The number of nitrogens with zero attached hydrogens (tertiary/aromatic N) is 1. The summed E-state index contributed by atoms with van der Waals surface area (Å²) in [7, 11) is 0. The Bertz CT molecular complexity index is 146. The molecular weight excluding hydrogens is 162 g/mol. The van der Waals surface area contributed by atoms with Gasteiger partial charge < -0.3 is 4.90 Å². The predicted molar refractivity (Wildman–Crippen MR) is 55.3 cm³/mol. The second kappa shape index (κ2) is 7.84. The summed E-state index contributed by atoms with van der Waals surface area (Å²) in [6.45, 7) is 9.32. The molecule has 0 aliphatic carbocycles. The highest BCUT2D eigenvalue weighted by Gasteiger charge is 2.07. The van der Waals surface area contributed by atoms with Gasteiger partial charge in [-0.1, -0.05) is 33.3 Å². The zero-order valence-corrected chi connectivity index (χ0v) is 8.81. The Hall–Kier alpha value is -0.790. The predicted octanol–water partition coefficient (Wildman–Crippen LogP) is 2.40. The summed E-state index contributed by atoms with van der Waals surface area (Å²) in [6.07, 6.45) is 6.79. The number of carbonyl (C=O) groups excluding carboxylic acids is 1. The maximum Gasteiger partial charge on any atom is 0.254 e. The minimum absolute atomic E-state index is 0.0538. The number of hydrogen-bond donors (Lipinski definition) is 0. The van der Waals surface area contributed by atoms with Crippen LogP contribution >= 0.6 is 0 Å². The Morgan fingerprint density at radius 3 is 2.00 bits per heavy atom. The van der Waals surface area contributed by atoms with E-state index in [4.69, 9.17) is 0 Å². The van der Waals surface area contributed by atoms with Crippen LogP contribution in [0, 0.1) is 6.08 Å². The van der Waals surface area contributed by atoms with Crippen LogP contribution in [0.2, 0.25) is 0 Å². The molecule has 1 amide bonds. The lowest BCUT2D eigenvalue weighted by atomic mass is 10.2. The molecule has 0 unspecified atom stereocenters. The van der Waals surface area contributed by atoms with E-state index in [0.717, 1.165) is 38.8 Å². The summed E-state index contributed by atoms with van der Waals surface area (Å²) >= 11 is 0. The lowest BCUT2D eigenvalue weighted by Crippen LogP contribution is -2.31. The van der Waals surface area contributed by atoms with Crippen molar-refractivity contribution in [1.82, 2.24) is 4.90 Å². The second-order valence-corrected chi connectivity index (χ2v) is 3.18. The minimum atomic E-state index is -0.0538. The highest BCUT2D eigenvalue weighted by Crippen LogP contribution is 1.99. The zero-order valence-electron chi connectivity index (χ0n) is 8.81. The summed E-state index contributed by atoms with van der Waals surface area (Å²) in [6, 6.07) is 0. The van der Waals surface area contributed by atoms with Crippen LogP contribution in [-0.2, 0) is 4.79 Å². The third-order valence-corrected chi connectivity index (χ3v) is 2.00. The van der Waals surface area contributed by atoms with E-state index >= 15 is 0 Å². The molecule has 2 nitrogen and oxygen atoms in total. The largest absolute Gasteiger partial charge is 0.339 e. The van der Waals surface area contributed by atoms with Gasteiger partial charge in [0.15, 0.2) is 0 Å². The lowest BCUT2D eigenvalue weighted by Gasteiger charge is -2.20. The number of rotatable bonds is 7. The van der Waals surface area contributed by atoms with Gasteiger partial charge >= 0.3 is 0 Å². The molecule has 0 heterocycles. The normalized spacial score (nSPS) is 9.69. The van der Waals surface area contributed by atoms with E-state index in [-0.39, 0.29) is 5.91 Å². The minimum Gasteiger partial charge on any atom is -0.339 e. The van der Waals surface area contributed by atoms with Crippen LogP contribution in [0.25, 0.3) is 0 Å². The van der Waals surface area contributed by atoms with Gasteiger partial charge in [0, 0.05) is 19.2 Å². The van der Waals surface area contributed by atoms with Crippen molar-refractivity contribution >= 4 is 5.91 Å². The summed E-state index contributed by atoms with van der Waals surface area (Å²) < 4.78 is 0. The van der Waals surface area contributed by atoms with E-state index in [1.54, 1.807) is 0 Å². The standard InChI is InChI=1S/C11H20NO/c1-4-7-9-12(10-8-5-2)11(13)6-3/h3-5,7-10H2,1-2H3. The quantitative estimate of drug-likeness (QED) is 0.554. The van der Waals surface area contributed by atoms with Crippen LogP contribution in [0.3, 0.4) is 0 Å². The fourth-order valence-electron chi connectivity index (χ4n) is 1.12. The van der Waals surface area contributed by atoms with Crippen molar-refractivity contribution in [3.63, 3.8) is 0 Å². The van der Waals surface area contributed by atoms with Crippen molar-refractivity contribution in [2.45, 2.75) is 39.5 Å². The Morgan fingerprint density at radius 1 is 1.23 bits per heavy atom. The van der Waals surface area contributed by atoms with Gasteiger partial charge in [0.1, 0.15) is 0 Å². The zero-order chi connectivity index (χ0) is 10.1. The van der Waals surface area contributed by atoms with Gasteiger partial charge in [-0.15, -0.1) is 0 Å². The van der Waals surface area contributed by atoms with Crippen molar-refractivity contribution in [3.8, 4) is 0 Å². The first kappa shape index (κ1) is 12.2. The van der Waals surface area contributed by atoms with Gasteiger partial charge in [-0.25, -0.2) is 0 Å². The van der Waals surface area contributed by atoms with Gasteiger partial charge in [0.2, 0.25) is 0 Å². The van der Waals surface area contributed by atoms with Crippen molar-refractivity contribution in [3.05, 3.63) is 12.7 Å². The monoisotopic (exact) mass is 182 g/mol. The van der Waals surface area contributed by atoms with Gasteiger partial charge in [-0.05, 0) is 12.8 Å². The molecule has 0 aromatic heterocycles. The molecule has 0 aromatic carbocycles. The highest BCUT2D eigenvalue weighted by molar-refractivity contribution is 5.82. The third-order valence-electron chi connectivity index (χ3n) is 2.00. The van der Waals surface area contributed by atoms with Gasteiger partial charge in [0.05, 0.1) is 0 Å². The Morgan fingerprint density at radius 2 is 1.69 bits per heavy atom. The summed E-state index contributed by atoms with van der Waals surface area (Å²) in [5.74, 6) is -0.0538. The molecule has 0 aliphatic rings. The van der Waals surface area contributed by atoms with Gasteiger partial charge in [-0.3, -0.25) is 4.79 Å². The number of amides is 1. The molecule has 0 saturated carbocycles. The summed E-state index contributed by atoms with van der Waals surface area (Å²) in [5, 5.41) is 0. The fraction of sp³-hybridized carbons (Fsp3) is 0.727. The van der Waals surface area contributed by atoms with E-state index in [1.165, 1.54) is 0 Å². The van der Waals surface area contributed by atoms with Crippen LogP contribution in [0.5, 0.6) is 0 Å². The highest BCUT2D eigenvalue weighted by atomic mass is 16.2. The van der Waals surface area contributed by atoms with Crippen molar-refractivity contribution in [1.29, 1.82) is 0 Å². The van der Waals surface area contributed by atoms with Gasteiger partial charge in [0.25, 0.3) is 5.91 Å². The van der Waals surface area contributed by atoms with Crippen LogP contribution in [-0.4, -0.2) is 23.9 Å². The number of unbranched alkanes of at least 4 members (excludes halogenated alkanes) is 2. The van der Waals surface area contributed by atoms with E-state index in [1.807, 2.05) is 4.90 Å². The molecule has 0 rings (SSSR count). The van der Waals surface area contributed by atoms with E-state index in [2.05, 4.69) is 26.5 Å². The molecule has 0 spiro atoms. The van der Waals surface area contributed by atoms with Crippen molar-refractivity contribution in [2.75, 3.05) is 13.1 Å². The SMILES string of the molecule is C=[C]C(=O)N(CCCC)CCCC. The van der Waals surface area contributed by atoms with Crippen LogP contribution in [0.15, 0.2) is 6.58 Å². The van der Waals surface area contributed by atoms with E-state index < -0.39 is 0 Å². The molecule has 1 radical (unpaired) electrons. The Balaban J connectivity index is 3.86. The van der Waals surface area contributed by atoms with Crippen molar-refractivity contribution in [2.24, 2.45) is 0 Å². The molecule has 0 aliphatic heterocycles. The number of hydrogen-bond acceptors (Lipinski definition) is 1. The average Bonchev–Trinajstić information content (AvgIpc) is 2.17. The molecule has 0 atom stereocenters. The molecule has 0 fully saturated rings. The lowest BCUT2D eigenvalue weighted by molar-refractivity contribution is -0.126. The topological polar surface area (TPSA) is 20.3 Å². The third kappa shape index (κ3) is 5.45. The van der Waals surface area contributed by atoms with Crippen molar-refractivity contribution < 1.29 is 4.79 Å². The summed E-state index contributed by atoms with van der Waals surface area (Å²) in [5.41, 5.74) is 0. The fourth-order valence-corrected chi connectivity index (χ4v) is 1.12. The van der Waals surface area contributed by atoms with E-state index in [0.29, 0.717) is 0 Å². The first-order chi connectivity index (χ1) is 6.26. The van der Waals surface area contributed by atoms with E-state index in [9.17, 15) is 4.79 Å². The van der Waals surface area contributed by atoms with Crippen LogP contribution in [0.1, 0.15) is 39.5 Å². The maximum atomic E-state index is 11.3.